The summed E-state index contributed by atoms with van der Waals surface area (Å²) in [5.74, 6) is -0.387. The maximum absolute atomic E-state index is 12.2. The number of carbonyl (C=O) groups is 3. The second-order valence-electron chi connectivity index (χ2n) is 5.10. The van der Waals surface area contributed by atoms with Crippen molar-refractivity contribution in [1.82, 2.24) is 20.5 Å². The van der Waals surface area contributed by atoms with Gasteiger partial charge in [-0.05, 0) is 25.5 Å². The molecule has 1 atom stereocenters. The van der Waals surface area contributed by atoms with E-state index < -0.39 is 12.1 Å². The van der Waals surface area contributed by atoms with E-state index in [0.717, 1.165) is 5.69 Å². The molecule has 22 heavy (non-hydrogen) atoms. The molecule has 0 bridgehead atoms. The molecule has 2 heterocycles. The molecule has 1 aliphatic rings. The Kier molecular flexibility index (Phi) is 5.46. The molecule has 0 aromatic carbocycles. The summed E-state index contributed by atoms with van der Waals surface area (Å²) in [5.41, 5.74) is 0.941. The van der Waals surface area contributed by atoms with Crippen LogP contribution in [0.5, 0.6) is 0 Å². The molecule has 118 valence electrons. The Bertz CT molecular complexity index is 547. The lowest BCUT2D eigenvalue weighted by molar-refractivity contribution is -0.131. The molecule has 7 nitrogen and oxygen atoms in total. The van der Waals surface area contributed by atoms with Crippen LogP contribution in [0.2, 0.25) is 0 Å². The SMILES string of the molecule is CCN(CCc1ccccn1)C(=O)CCC1NC(=O)NC1=O. The number of pyridine rings is 1. The lowest BCUT2D eigenvalue weighted by Crippen LogP contribution is -2.35. The third kappa shape index (κ3) is 4.28. The predicted molar refractivity (Wildman–Crippen MR) is 79.9 cm³/mol. The van der Waals surface area contributed by atoms with Crippen molar-refractivity contribution in [3.05, 3.63) is 30.1 Å². The van der Waals surface area contributed by atoms with Crippen molar-refractivity contribution in [2.24, 2.45) is 0 Å². The van der Waals surface area contributed by atoms with E-state index in [-0.39, 0.29) is 18.2 Å². The number of hydrogen-bond donors (Lipinski definition) is 2. The van der Waals surface area contributed by atoms with Gasteiger partial charge < -0.3 is 10.2 Å². The van der Waals surface area contributed by atoms with Crippen molar-refractivity contribution in [1.29, 1.82) is 0 Å². The van der Waals surface area contributed by atoms with Crippen molar-refractivity contribution in [2.75, 3.05) is 13.1 Å². The summed E-state index contributed by atoms with van der Waals surface area (Å²) in [6.45, 7) is 3.12. The molecule has 1 saturated heterocycles. The van der Waals surface area contributed by atoms with Crippen LogP contribution < -0.4 is 10.6 Å². The molecule has 1 aliphatic heterocycles. The van der Waals surface area contributed by atoms with Crippen LogP contribution in [-0.4, -0.2) is 46.9 Å². The van der Waals surface area contributed by atoms with Gasteiger partial charge in [0.1, 0.15) is 6.04 Å². The zero-order chi connectivity index (χ0) is 15.9. The van der Waals surface area contributed by atoms with E-state index in [4.69, 9.17) is 0 Å². The summed E-state index contributed by atoms with van der Waals surface area (Å²) in [7, 11) is 0. The number of nitrogens with zero attached hydrogens (tertiary/aromatic N) is 2. The molecule has 0 spiro atoms. The number of aromatic nitrogens is 1. The van der Waals surface area contributed by atoms with Gasteiger partial charge in [0.25, 0.3) is 5.91 Å². The lowest BCUT2D eigenvalue weighted by Gasteiger charge is -2.21. The van der Waals surface area contributed by atoms with E-state index in [1.54, 1.807) is 11.1 Å². The van der Waals surface area contributed by atoms with Gasteiger partial charge in [-0.2, -0.15) is 0 Å². The number of carbonyl (C=O) groups excluding carboxylic acids is 3. The van der Waals surface area contributed by atoms with Gasteiger partial charge in [0.2, 0.25) is 5.91 Å². The molecule has 2 N–H and O–H groups in total. The van der Waals surface area contributed by atoms with E-state index >= 15 is 0 Å². The predicted octanol–water partition coefficient (Wildman–Crippen LogP) is 0.461. The Hall–Kier alpha value is -2.44. The summed E-state index contributed by atoms with van der Waals surface area (Å²) in [5, 5.41) is 4.65. The van der Waals surface area contributed by atoms with Gasteiger partial charge in [0.05, 0.1) is 0 Å². The van der Waals surface area contributed by atoms with Crippen molar-refractivity contribution >= 4 is 17.8 Å². The average Bonchev–Trinajstić information content (AvgIpc) is 2.84. The number of amides is 4. The lowest BCUT2D eigenvalue weighted by atomic mass is 10.1. The van der Waals surface area contributed by atoms with Crippen molar-refractivity contribution < 1.29 is 14.4 Å². The number of hydrogen-bond acceptors (Lipinski definition) is 4. The van der Waals surface area contributed by atoms with Crippen LogP contribution in [0.15, 0.2) is 24.4 Å². The highest BCUT2D eigenvalue weighted by Gasteiger charge is 2.29. The highest BCUT2D eigenvalue weighted by atomic mass is 16.2. The van der Waals surface area contributed by atoms with Crippen LogP contribution >= 0.6 is 0 Å². The van der Waals surface area contributed by atoms with Crippen LogP contribution in [0.25, 0.3) is 0 Å². The Labute approximate surface area is 129 Å². The van der Waals surface area contributed by atoms with E-state index in [0.29, 0.717) is 25.9 Å². The number of rotatable bonds is 7. The summed E-state index contributed by atoms with van der Waals surface area (Å²) in [4.78, 5) is 40.6. The topological polar surface area (TPSA) is 91.4 Å². The number of likely N-dealkylation sites (N-methyl/N-ethyl adjacent to an activating group) is 1. The summed E-state index contributed by atoms with van der Waals surface area (Å²) < 4.78 is 0. The minimum absolute atomic E-state index is 0.0209. The zero-order valence-electron chi connectivity index (χ0n) is 12.5. The maximum Gasteiger partial charge on any atom is 0.322 e. The third-order valence-electron chi connectivity index (χ3n) is 3.60. The number of imide groups is 1. The first-order valence-electron chi connectivity index (χ1n) is 7.39. The molecule has 4 amide bonds. The van der Waals surface area contributed by atoms with Gasteiger partial charge in [0, 0.05) is 37.8 Å². The van der Waals surface area contributed by atoms with Crippen LogP contribution in [0.1, 0.15) is 25.5 Å². The molecule has 2 rings (SSSR count). The van der Waals surface area contributed by atoms with Gasteiger partial charge in [0.15, 0.2) is 0 Å². The fourth-order valence-corrected chi connectivity index (χ4v) is 2.34. The first kappa shape index (κ1) is 15.9. The molecule has 0 saturated carbocycles. The standard InChI is InChI=1S/C15H20N4O3/c1-2-19(10-8-11-5-3-4-9-16-11)13(20)7-6-12-14(21)18-15(22)17-12/h3-5,9,12H,2,6-8,10H2,1H3,(H2,17,18,21,22). The van der Waals surface area contributed by atoms with E-state index in [1.165, 1.54) is 0 Å². The van der Waals surface area contributed by atoms with Gasteiger partial charge in [-0.1, -0.05) is 6.07 Å². The first-order chi connectivity index (χ1) is 10.6. The van der Waals surface area contributed by atoms with Crippen molar-refractivity contribution in [3.8, 4) is 0 Å². The monoisotopic (exact) mass is 304 g/mol. The van der Waals surface area contributed by atoms with Gasteiger partial charge in [-0.3, -0.25) is 19.9 Å². The molecule has 1 aromatic heterocycles. The highest BCUT2D eigenvalue weighted by Crippen LogP contribution is 2.06. The molecular weight excluding hydrogens is 284 g/mol. The molecule has 1 aromatic rings. The molecule has 1 fully saturated rings. The second-order valence-corrected chi connectivity index (χ2v) is 5.10. The Morgan fingerprint density at radius 2 is 2.18 bits per heavy atom. The summed E-state index contributed by atoms with van der Waals surface area (Å²) in [6.07, 6.45) is 2.97. The van der Waals surface area contributed by atoms with Gasteiger partial charge in [-0.25, -0.2) is 4.79 Å². The largest absolute Gasteiger partial charge is 0.343 e. The summed E-state index contributed by atoms with van der Waals surface area (Å²) in [6, 6.07) is 4.60. The quantitative estimate of drug-likeness (QED) is 0.716. The van der Waals surface area contributed by atoms with E-state index in [2.05, 4.69) is 15.6 Å². The fraction of sp³-hybridized carbons (Fsp3) is 0.467. The molecule has 1 unspecified atom stereocenters. The van der Waals surface area contributed by atoms with Gasteiger partial charge in [-0.15, -0.1) is 0 Å². The van der Waals surface area contributed by atoms with Crippen LogP contribution in [0.4, 0.5) is 4.79 Å². The fourth-order valence-electron chi connectivity index (χ4n) is 2.34. The zero-order valence-corrected chi connectivity index (χ0v) is 12.5. The second kappa shape index (κ2) is 7.53. The average molecular weight is 304 g/mol. The summed E-state index contributed by atoms with van der Waals surface area (Å²) >= 11 is 0. The number of nitrogens with one attached hydrogen (secondary N) is 2. The number of urea groups is 1. The Morgan fingerprint density at radius 3 is 2.77 bits per heavy atom. The molecule has 0 radical (unpaired) electrons. The normalized spacial score (nSPS) is 17.0. The maximum atomic E-state index is 12.2. The van der Waals surface area contributed by atoms with Crippen LogP contribution in [0.3, 0.4) is 0 Å². The smallest absolute Gasteiger partial charge is 0.322 e. The van der Waals surface area contributed by atoms with E-state index in [9.17, 15) is 14.4 Å². The third-order valence-corrected chi connectivity index (χ3v) is 3.60. The Morgan fingerprint density at radius 1 is 1.36 bits per heavy atom. The minimum Gasteiger partial charge on any atom is -0.343 e. The minimum atomic E-state index is -0.606. The van der Waals surface area contributed by atoms with E-state index in [1.807, 2.05) is 25.1 Å². The molecular formula is C15H20N4O3. The highest BCUT2D eigenvalue weighted by molar-refractivity contribution is 6.04. The molecule has 0 aliphatic carbocycles. The van der Waals surface area contributed by atoms with Crippen LogP contribution in [0, 0.1) is 0 Å². The molecule has 7 heteroatoms. The first-order valence-corrected chi connectivity index (χ1v) is 7.39. The van der Waals surface area contributed by atoms with Gasteiger partial charge >= 0.3 is 6.03 Å². The van der Waals surface area contributed by atoms with Crippen LogP contribution in [-0.2, 0) is 16.0 Å². The van der Waals surface area contributed by atoms with Crippen molar-refractivity contribution in [2.45, 2.75) is 32.2 Å². The van der Waals surface area contributed by atoms with Crippen molar-refractivity contribution in [3.63, 3.8) is 0 Å². The Balaban J connectivity index is 1.79.